The van der Waals surface area contributed by atoms with E-state index >= 15 is 0 Å². The Morgan fingerprint density at radius 1 is 1.31 bits per heavy atom. The molecule has 0 unspecified atom stereocenters. The van der Waals surface area contributed by atoms with Gasteiger partial charge < -0.3 is 4.74 Å². The molecule has 0 radical (unpaired) electrons. The monoisotopic (exact) mass is 284 g/mol. The second-order valence-corrected chi connectivity index (χ2v) is 5.69. The van der Waals surface area contributed by atoms with Crippen molar-refractivity contribution >= 4 is 15.9 Å². The highest BCUT2D eigenvalue weighted by Crippen LogP contribution is 2.33. The van der Waals surface area contributed by atoms with Crippen molar-refractivity contribution in [2.24, 2.45) is 0 Å². The summed E-state index contributed by atoms with van der Waals surface area (Å²) in [5.41, 5.74) is 2.80. The standard InChI is InChI=1S/C14H21BrO/c1-10(2)12-8-11(14(3,4)9-15)6-7-13(12)16-5/h6-8,10H,9H2,1-5H3. The number of rotatable bonds is 4. The number of hydrogen-bond donors (Lipinski definition) is 0. The van der Waals surface area contributed by atoms with E-state index < -0.39 is 0 Å². The quantitative estimate of drug-likeness (QED) is 0.740. The summed E-state index contributed by atoms with van der Waals surface area (Å²) in [7, 11) is 1.73. The summed E-state index contributed by atoms with van der Waals surface area (Å²) in [5, 5.41) is 0.962. The Bertz CT molecular complexity index is 356. The lowest BCUT2D eigenvalue weighted by Crippen LogP contribution is -2.19. The number of methoxy groups -OCH3 is 1. The first-order valence-corrected chi connectivity index (χ1v) is 6.79. The third-order valence-corrected chi connectivity index (χ3v) is 4.37. The molecule has 0 bridgehead atoms. The van der Waals surface area contributed by atoms with Gasteiger partial charge >= 0.3 is 0 Å². The highest BCUT2D eigenvalue weighted by atomic mass is 79.9. The van der Waals surface area contributed by atoms with E-state index in [2.05, 4.69) is 61.8 Å². The molecule has 0 fully saturated rings. The molecule has 0 saturated heterocycles. The first-order chi connectivity index (χ1) is 7.42. The number of ether oxygens (including phenoxy) is 1. The number of halogens is 1. The van der Waals surface area contributed by atoms with Crippen LogP contribution in [0, 0.1) is 0 Å². The number of benzene rings is 1. The molecule has 90 valence electrons. The molecular formula is C14H21BrO. The first-order valence-electron chi connectivity index (χ1n) is 5.66. The van der Waals surface area contributed by atoms with Crippen molar-refractivity contribution in [1.82, 2.24) is 0 Å². The lowest BCUT2D eigenvalue weighted by Gasteiger charge is -2.24. The van der Waals surface area contributed by atoms with Gasteiger partial charge in [0.15, 0.2) is 0 Å². The second-order valence-electron chi connectivity index (χ2n) is 5.13. The number of alkyl halides is 1. The SMILES string of the molecule is COc1ccc(C(C)(C)CBr)cc1C(C)C. The molecule has 1 rings (SSSR count). The molecule has 0 amide bonds. The molecule has 1 aromatic carbocycles. The molecular weight excluding hydrogens is 264 g/mol. The molecule has 0 aliphatic heterocycles. The average molecular weight is 285 g/mol. The van der Waals surface area contributed by atoms with Gasteiger partial charge in [0, 0.05) is 5.33 Å². The van der Waals surface area contributed by atoms with Crippen LogP contribution >= 0.6 is 15.9 Å². The topological polar surface area (TPSA) is 9.23 Å². The fourth-order valence-corrected chi connectivity index (χ4v) is 2.01. The Balaban J connectivity index is 3.22. The Morgan fingerprint density at radius 2 is 1.94 bits per heavy atom. The molecule has 1 aromatic rings. The van der Waals surface area contributed by atoms with Crippen LogP contribution in [-0.4, -0.2) is 12.4 Å². The summed E-state index contributed by atoms with van der Waals surface area (Å²) >= 11 is 3.57. The molecule has 0 aromatic heterocycles. The first kappa shape index (κ1) is 13.6. The number of hydrogen-bond acceptors (Lipinski definition) is 1. The highest BCUT2D eigenvalue weighted by molar-refractivity contribution is 9.09. The van der Waals surface area contributed by atoms with Gasteiger partial charge in [-0.05, 0) is 28.5 Å². The molecule has 0 aliphatic carbocycles. The van der Waals surface area contributed by atoms with Crippen molar-refractivity contribution in [3.8, 4) is 5.75 Å². The molecule has 1 nitrogen and oxygen atoms in total. The van der Waals surface area contributed by atoms with Gasteiger partial charge in [0.05, 0.1) is 7.11 Å². The maximum atomic E-state index is 5.40. The van der Waals surface area contributed by atoms with E-state index in [1.807, 2.05) is 0 Å². The van der Waals surface area contributed by atoms with Crippen molar-refractivity contribution in [1.29, 1.82) is 0 Å². The van der Waals surface area contributed by atoms with Gasteiger partial charge in [0.1, 0.15) is 5.75 Å². The van der Waals surface area contributed by atoms with Crippen LogP contribution in [0.5, 0.6) is 5.75 Å². The zero-order valence-corrected chi connectivity index (χ0v) is 12.4. The van der Waals surface area contributed by atoms with Crippen LogP contribution in [0.1, 0.15) is 44.7 Å². The molecule has 16 heavy (non-hydrogen) atoms. The summed E-state index contributed by atoms with van der Waals surface area (Å²) in [6.07, 6.45) is 0. The van der Waals surface area contributed by atoms with Crippen molar-refractivity contribution < 1.29 is 4.74 Å². The van der Waals surface area contributed by atoms with E-state index in [1.54, 1.807) is 7.11 Å². The van der Waals surface area contributed by atoms with Crippen LogP contribution < -0.4 is 4.74 Å². The smallest absolute Gasteiger partial charge is 0.122 e. The maximum Gasteiger partial charge on any atom is 0.122 e. The van der Waals surface area contributed by atoms with Crippen LogP contribution in [0.15, 0.2) is 18.2 Å². The summed E-state index contributed by atoms with van der Waals surface area (Å²) in [5.74, 6) is 1.48. The fourth-order valence-electron chi connectivity index (χ4n) is 1.68. The van der Waals surface area contributed by atoms with E-state index in [4.69, 9.17) is 4.74 Å². The molecule has 0 atom stereocenters. The van der Waals surface area contributed by atoms with Crippen molar-refractivity contribution in [2.75, 3.05) is 12.4 Å². The van der Waals surface area contributed by atoms with Crippen molar-refractivity contribution in [3.05, 3.63) is 29.3 Å². The van der Waals surface area contributed by atoms with E-state index in [9.17, 15) is 0 Å². The molecule has 0 spiro atoms. The van der Waals surface area contributed by atoms with Gasteiger partial charge in [-0.1, -0.05) is 55.8 Å². The van der Waals surface area contributed by atoms with Crippen LogP contribution in [0.4, 0.5) is 0 Å². The molecule has 0 aliphatic rings. The minimum atomic E-state index is 0.163. The van der Waals surface area contributed by atoms with Crippen LogP contribution in [0.25, 0.3) is 0 Å². The Morgan fingerprint density at radius 3 is 2.38 bits per heavy atom. The zero-order valence-electron chi connectivity index (χ0n) is 10.8. The van der Waals surface area contributed by atoms with Gasteiger partial charge in [-0.3, -0.25) is 0 Å². The molecule has 0 heterocycles. The second kappa shape index (κ2) is 5.22. The van der Waals surface area contributed by atoms with Crippen LogP contribution in [-0.2, 0) is 5.41 Å². The summed E-state index contributed by atoms with van der Waals surface area (Å²) in [4.78, 5) is 0. The predicted octanol–water partition coefficient (Wildman–Crippen LogP) is 4.49. The third-order valence-electron chi connectivity index (χ3n) is 2.97. The Labute approximate surface area is 107 Å². The Kier molecular flexibility index (Phi) is 4.43. The largest absolute Gasteiger partial charge is 0.496 e. The average Bonchev–Trinajstić information content (AvgIpc) is 2.28. The minimum absolute atomic E-state index is 0.163. The van der Waals surface area contributed by atoms with Gasteiger partial charge in [-0.15, -0.1) is 0 Å². The molecule has 0 N–H and O–H groups in total. The lowest BCUT2D eigenvalue weighted by atomic mass is 9.84. The third kappa shape index (κ3) is 2.79. The summed E-state index contributed by atoms with van der Waals surface area (Å²) < 4.78 is 5.40. The van der Waals surface area contributed by atoms with E-state index in [1.165, 1.54) is 11.1 Å². The van der Waals surface area contributed by atoms with Crippen molar-refractivity contribution in [3.63, 3.8) is 0 Å². The summed E-state index contributed by atoms with van der Waals surface area (Å²) in [6.45, 7) is 8.88. The van der Waals surface area contributed by atoms with E-state index in [0.29, 0.717) is 5.92 Å². The Hall–Kier alpha value is -0.500. The maximum absolute atomic E-state index is 5.40. The zero-order chi connectivity index (χ0) is 12.3. The van der Waals surface area contributed by atoms with Gasteiger partial charge in [-0.25, -0.2) is 0 Å². The van der Waals surface area contributed by atoms with Gasteiger partial charge in [0.2, 0.25) is 0 Å². The van der Waals surface area contributed by atoms with Crippen molar-refractivity contribution in [2.45, 2.75) is 39.0 Å². The van der Waals surface area contributed by atoms with E-state index in [-0.39, 0.29) is 5.41 Å². The van der Waals surface area contributed by atoms with Gasteiger partial charge in [-0.2, -0.15) is 0 Å². The highest BCUT2D eigenvalue weighted by Gasteiger charge is 2.20. The van der Waals surface area contributed by atoms with Crippen LogP contribution in [0.2, 0.25) is 0 Å². The van der Waals surface area contributed by atoms with E-state index in [0.717, 1.165) is 11.1 Å². The summed E-state index contributed by atoms with van der Waals surface area (Å²) in [6, 6.07) is 6.51. The fraction of sp³-hybridized carbons (Fsp3) is 0.571. The van der Waals surface area contributed by atoms with Gasteiger partial charge in [0.25, 0.3) is 0 Å². The lowest BCUT2D eigenvalue weighted by molar-refractivity contribution is 0.407. The normalized spacial score (nSPS) is 11.9. The minimum Gasteiger partial charge on any atom is -0.496 e. The molecule has 2 heteroatoms. The van der Waals surface area contributed by atoms with Crippen LogP contribution in [0.3, 0.4) is 0 Å². The predicted molar refractivity (Wildman–Crippen MR) is 73.9 cm³/mol. The molecule has 0 saturated carbocycles.